The Labute approximate surface area is 103 Å². The second-order valence-electron chi connectivity index (χ2n) is 4.19. The zero-order valence-corrected chi connectivity index (χ0v) is 11.3. The first-order valence-corrected chi connectivity index (χ1v) is 7.21. The highest BCUT2D eigenvalue weighted by Crippen LogP contribution is 2.27. The van der Waals surface area contributed by atoms with Crippen LogP contribution in [-0.2, 0) is 10.1 Å². The Morgan fingerprint density at radius 2 is 1.65 bits per heavy atom. The normalized spacial score (nSPS) is 16.1. The second kappa shape index (κ2) is 7.27. The maximum absolute atomic E-state index is 11.5. The van der Waals surface area contributed by atoms with Crippen molar-refractivity contribution in [2.24, 2.45) is 0 Å². The third-order valence-electron chi connectivity index (χ3n) is 2.96. The quantitative estimate of drug-likeness (QED) is 0.512. The SMILES string of the molecule is CCCCC(C)(N(CCO)CCO)S(=O)(=O)O. The lowest BCUT2D eigenvalue weighted by Crippen LogP contribution is -2.54. The highest BCUT2D eigenvalue weighted by atomic mass is 32.2. The van der Waals surface area contributed by atoms with Gasteiger partial charge in [-0.2, -0.15) is 8.42 Å². The van der Waals surface area contributed by atoms with Gasteiger partial charge in [0.25, 0.3) is 10.1 Å². The molecule has 17 heavy (non-hydrogen) atoms. The smallest absolute Gasteiger partial charge is 0.283 e. The van der Waals surface area contributed by atoms with Crippen molar-refractivity contribution in [3.63, 3.8) is 0 Å². The summed E-state index contributed by atoms with van der Waals surface area (Å²) in [6.07, 6.45) is 1.71. The molecule has 0 saturated heterocycles. The molecule has 3 N–H and O–H groups in total. The van der Waals surface area contributed by atoms with Gasteiger partial charge in [0, 0.05) is 13.1 Å². The largest absolute Gasteiger partial charge is 0.395 e. The van der Waals surface area contributed by atoms with E-state index in [1.54, 1.807) is 0 Å². The third-order valence-corrected chi connectivity index (χ3v) is 4.53. The number of unbranched alkanes of at least 4 members (excludes halogenated alkanes) is 1. The van der Waals surface area contributed by atoms with E-state index >= 15 is 0 Å². The maximum Gasteiger partial charge on any atom is 0.283 e. The minimum Gasteiger partial charge on any atom is -0.395 e. The number of hydrogen-bond donors (Lipinski definition) is 3. The Morgan fingerprint density at radius 3 is 1.94 bits per heavy atom. The summed E-state index contributed by atoms with van der Waals surface area (Å²) in [5.41, 5.74) is 0. The first-order valence-electron chi connectivity index (χ1n) is 5.77. The van der Waals surface area contributed by atoms with E-state index in [0.717, 1.165) is 6.42 Å². The molecule has 0 amide bonds. The Bertz CT molecular complexity index is 300. The van der Waals surface area contributed by atoms with Crippen molar-refractivity contribution < 1.29 is 23.2 Å². The predicted molar refractivity (Wildman–Crippen MR) is 65.2 cm³/mol. The molecule has 0 aliphatic heterocycles. The lowest BCUT2D eigenvalue weighted by atomic mass is 10.1. The Hall–Kier alpha value is -0.210. The van der Waals surface area contributed by atoms with Gasteiger partial charge in [-0.25, -0.2) is 0 Å². The molecule has 0 saturated carbocycles. The fraction of sp³-hybridized carbons (Fsp3) is 1.00. The minimum absolute atomic E-state index is 0.0978. The van der Waals surface area contributed by atoms with Crippen LogP contribution in [0.5, 0.6) is 0 Å². The molecule has 7 heteroatoms. The van der Waals surface area contributed by atoms with Crippen molar-refractivity contribution in [2.45, 2.75) is 38.0 Å². The summed E-state index contributed by atoms with van der Waals surface area (Å²) in [7, 11) is -4.28. The summed E-state index contributed by atoms with van der Waals surface area (Å²) in [4.78, 5) is -0.0491. The van der Waals surface area contributed by atoms with Crippen LogP contribution in [0.25, 0.3) is 0 Å². The van der Waals surface area contributed by atoms with E-state index in [1.807, 2.05) is 6.92 Å². The number of hydrogen-bond acceptors (Lipinski definition) is 5. The van der Waals surface area contributed by atoms with Gasteiger partial charge in [-0.05, 0) is 13.3 Å². The van der Waals surface area contributed by atoms with Gasteiger partial charge < -0.3 is 10.2 Å². The fourth-order valence-electron chi connectivity index (χ4n) is 1.78. The van der Waals surface area contributed by atoms with Gasteiger partial charge >= 0.3 is 0 Å². The van der Waals surface area contributed by atoms with Gasteiger partial charge in [0.2, 0.25) is 0 Å². The number of nitrogens with zero attached hydrogens (tertiary/aromatic N) is 1. The van der Waals surface area contributed by atoms with Crippen LogP contribution >= 0.6 is 0 Å². The number of aliphatic hydroxyl groups excluding tert-OH is 2. The van der Waals surface area contributed by atoms with Crippen LogP contribution in [0.3, 0.4) is 0 Å². The molecule has 1 unspecified atom stereocenters. The fourth-order valence-corrected chi connectivity index (χ4v) is 2.69. The average Bonchev–Trinajstić information content (AvgIpc) is 2.24. The van der Waals surface area contributed by atoms with Crippen LogP contribution in [0.2, 0.25) is 0 Å². The molecule has 0 rings (SSSR count). The molecule has 104 valence electrons. The lowest BCUT2D eigenvalue weighted by Gasteiger charge is -2.38. The van der Waals surface area contributed by atoms with Crippen molar-refractivity contribution in [3.05, 3.63) is 0 Å². The topological polar surface area (TPSA) is 98.1 Å². The summed E-state index contributed by atoms with van der Waals surface area (Å²) >= 11 is 0. The molecule has 0 fully saturated rings. The van der Waals surface area contributed by atoms with E-state index in [1.165, 1.54) is 11.8 Å². The summed E-state index contributed by atoms with van der Waals surface area (Å²) < 4.78 is 32.4. The van der Waals surface area contributed by atoms with E-state index in [9.17, 15) is 13.0 Å². The number of rotatable bonds is 9. The highest BCUT2D eigenvalue weighted by Gasteiger charge is 2.42. The van der Waals surface area contributed by atoms with Gasteiger partial charge in [0.1, 0.15) is 4.87 Å². The molecule has 1 atom stereocenters. The van der Waals surface area contributed by atoms with Crippen molar-refractivity contribution in [1.29, 1.82) is 0 Å². The molecule has 0 aliphatic rings. The highest BCUT2D eigenvalue weighted by molar-refractivity contribution is 7.87. The molecule has 0 aromatic rings. The van der Waals surface area contributed by atoms with Crippen molar-refractivity contribution in [3.8, 4) is 0 Å². The van der Waals surface area contributed by atoms with E-state index in [2.05, 4.69) is 0 Å². The predicted octanol–water partition coefficient (Wildman–Crippen LogP) is 0.0672. The second-order valence-corrected chi connectivity index (χ2v) is 6.02. The molecule has 0 aromatic heterocycles. The first-order chi connectivity index (χ1) is 7.83. The summed E-state index contributed by atoms with van der Waals surface area (Å²) in [6.45, 7) is 3.09. The Balaban J connectivity index is 5.10. The monoisotopic (exact) mass is 269 g/mol. The molecule has 6 nitrogen and oxygen atoms in total. The van der Waals surface area contributed by atoms with Gasteiger partial charge in [-0.3, -0.25) is 9.45 Å². The average molecular weight is 269 g/mol. The summed E-state index contributed by atoms with van der Waals surface area (Å²) in [6, 6.07) is 0. The van der Waals surface area contributed by atoms with Crippen molar-refractivity contribution >= 4 is 10.1 Å². The minimum atomic E-state index is -4.28. The van der Waals surface area contributed by atoms with Gasteiger partial charge in [-0.15, -0.1) is 0 Å². The zero-order chi connectivity index (χ0) is 13.5. The molecule has 0 bridgehead atoms. The van der Waals surface area contributed by atoms with Crippen molar-refractivity contribution in [1.82, 2.24) is 4.90 Å². The van der Waals surface area contributed by atoms with Crippen LogP contribution in [-0.4, -0.2) is 59.3 Å². The van der Waals surface area contributed by atoms with Gasteiger partial charge in [0.15, 0.2) is 0 Å². The van der Waals surface area contributed by atoms with E-state index < -0.39 is 15.0 Å². The standard InChI is InChI=1S/C10H23NO5S/c1-3-4-5-10(2,17(14,15)16)11(6-8-12)7-9-13/h12-13H,3-9H2,1-2H3,(H,14,15,16). The molecule has 0 radical (unpaired) electrons. The van der Waals surface area contributed by atoms with Crippen LogP contribution < -0.4 is 0 Å². The molecular weight excluding hydrogens is 246 g/mol. The van der Waals surface area contributed by atoms with Crippen molar-refractivity contribution in [2.75, 3.05) is 26.3 Å². The van der Waals surface area contributed by atoms with Crippen LogP contribution in [0.1, 0.15) is 33.1 Å². The van der Waals surface area contributed by atoms with E-state index in [-0.39, 0.29) is 32.7 Å². The van der Waals surface area contributed by atoms with Crippen LogP contribution in [0.4, 0.5) is 0 Å². The van der Waals surface area contributed by atoms with Gasteiger partial charge in [0.05, 0.1) is 13.2 Å². The van der Waals surface area contributed by atoms with Crippen LogP contribution in [0.15, 0.2) is 0 Å². The molecule has 0 aromatic carbocycles. The van der Waals surface area contributed by atoms with Crippen LogP contribution in [0, 0.1) is 0 Å². The van der Waals surface area contributed by atoms with E-state index in [0.29, 0.717) is 6.42 Å². The Morgan fingerprint density at radius 1 is 1.18 bits per heavy atom. The van der Waals surface area contributed by atoms with Gasteiger partial charge in [-0.1, -0.05) is 19.8 Å². The Kier molecular flexibility index (Phi) is 7.18. The molecule has 0 heterocycles. The molecule has 0 spiro atoms. The molecule has 0 aliphatic carbocycles. The summed E-state index contributed by atoms with van der Waals surface area (Å²) in [5, 5.41) is 17.8. The molecular formula is C10H23NO5S. The lowest BCUT2D eigenvalue weighted by molar-refractivity contribution is 0.0955. The number of aliphatic hydroxyl groups is 2. The third kappa shape index (κ3) is 4.51. The van der Waals surface area contributed by atoms with E-state index in [4.69, 9.17) is 10.2 Å². The first kappa shape index (κ1) is 16.8. The zero-order valence-electron chi connectivity index (χ0n) is 10.5. The summed E-state index contributed by atoms with van der Waals surface area (Å²) in [5.74, 6) is 0. The maximum atomic E-state index is 11.5.